The molecule has 0 spiro atoms. The maximum Gasteiger partial charge on any atom is 0.274 e. The maximum absolute atomic E-state index is 13.9. The van der Waals surface area contributed by atoms with Crippen LogP contribution in [0.2, 0.25) is 0 Å². The molecule has 0 aliphatic heterocycles. The molecule has 2 aromatic rings. The molecule has 2 rings (SSSR count). The first-order valence-corrected chi connectivity index (χ1v) is 7.73. The summed E-state index contributed by atoms with van der Waals surface area (Å²) >= 11 is 3.23. The first kappa shape index (κ1) is 17.5. The summed E-state index contributed by atoms with van der Waals surface area (Å²) in [5.41, 5.74) is 0.673. The summed E-state index contributed by atoms with van der Waals surface area (Å²) in [4.78, 5) is 16.1. The van der Waals surface area contributed by atoms with Gasteiger partial charge in [-0.15, -0.1) is 0 Å². The summed E-state index contributed by atoms with van der Waals surface area (Å²) < 4.78 is 27.6. The number of carbonyl (C=O) groups excluding carboxylic acids is 1. The van der Waals surface area contributed by atoms with E-state index in [2.05, 4.69) is 26.2 Å². The van der Waals surface area contributed by atoms with Crippen LogP contribution in [0.1, 0.15) is 28.4 Å². The zero-order valence-electron chi connectivity index (χ0n) is 12.1. The number of aromatic nitrogens is 1. The van der Waals surface area contributed by atoms with Crippen molar-refractivity contribution in [1.82, 2.24) is 4.98 Å². The normalized spacial score (nSPS) is 12.0. The minimum absolute atomic E-state index is 0.110. The van der Waals surface area contributed by atoms with Crippen molar-refractivity contribution in [3.8, 4) is 0 Å². The summed E-state index contributed by atoms with van der Waals surface area (Å²) in [6, 6.07) is 7.16. The summed E-state index contributed by atoms with van der Waals surface area (Å²) in [6.45, 7) is -1.03. The largest absolute Gasteiger partial charge is 0.396 e. The molecule has 0 bridgehead atoms. The van der Waals surface area contributed by atoms with Crippen LogP contribution in [0.4, 0.5) is 14.5 Å². The number of hydrogen-bond donors (Lipinski definition) is 2. The minimum Gasteiger partial charge on any atom is -0.396 e. The molecule has 1 heterocycles. The summed E-state index contributed by atoms with van der Waals surface area (Å²) in [7, 11) is 0. The van der Waals surface area contributed by atoms with E-state index in [1.807, 2.05) is 0 Å². The average molecular weight is 385 g/mol. The van der Waals surface area contributed by atoms with Crippen molar-refractivity contribution in [3.05, 3.63) is 58.1 Å². The number of nitrogens with one attached hydrogen (secondary N) is 1. The first-order valence-electron chi connectivity index (χ1n) is 6.94. The van der Waals surface area contributed by atoms with Gasteiger partial charge < -0.3 is 10.4 Å². The molecule has 0 saturated heterocycles. The predicted octanol–water partition coefficient (Wildman–Crippen LogP) is 3.67. The number of carbonyl (C=O) groups is 1. The van der Waals surface area contributed by atoms with Crippen LogP contribution in [0.5, 0.6) is 0 Å². The van der Waals surface area contributed by atoms with Gasteiger partial charge in [-0.25, -0.2) is 9.37 Å². The third-order valence-electron chi connectivity index (χ3n) is 3.32. The van der Waals surface area contributed by atoms with Gasteiger partial charge in [0.05, 0.1) is 6.67 Å². The Balaban J connectivity index is 2.20. The Morgan fingerprint density at radius 1 is 1.35 bits per heavy atom. The molecule has 122 valence electrons. The Morgan fingerprint density at radius 2 is 2.13 bits per heavy atom. The third kappa shape index (κ3) is 4.56. The molecule has 7 heteroatoms. The lowest BCUT2D eigenvalue weighted by Gasteiger charge is -2.15. The van der Waals surface area contributed by atoms with Gasteiger partial charge in [0.2, 0.25) is 0 Å². The molecule has 0 aliphatic carbocycles. The number of aliphatic hydroxyl groups excluding tert-OH is 1. The number of alkyl halides is 1. The number of rotatable bonds is 6. The molecule has 1 aromatic carbocycles. The SMILES string of the molecule is O=C(Nc1ccc(F)c([C@H](CF)CCO)c1)c1ccc(Br)cn1. The Bertz CT molecular complexity index is 680. The fourth-order valence-electron chi connectivity index (χ4n) is 2.11. The van der Waals surface area contributed by atoms with E-state index in [0.717, 1.165) is 4.47 Å². The number of hydrogen-bond acceptors (Lipinski definition) is 3. The second kappa shape index (κ2) is 8.12. The second-order valence-corrected chi connectivity index (χ2v) is 5.83. The average Bonchev–Trinajstić information content (AvgIpc) is 2.55. The molecule has 0 saturated carbocycles. The Hall–Kier alpha value is -1.86. The standard InChI is InChI=1S/C16H15BrF2N2O2/c17-11-1-4-15(20-9-11)16(23)21-12-2-3-14(19)13(7-12)10(8-18)5-6-22/h1-4,7,9-10,22H,5-6,8H2,(H,21,23)/t10-/m0/s1. The van der Waals surface area contributed by atoms with Gasteiger partial charge in [-0.1, -0.05) is 0 Å². The number of anilines is 1. The lowest BCUT2D eigenvalue weighted by atomic mass is 9.96. The summed E-state index contributed by atoms with van der Waals surface area (Å²) in [5, 5.41) is 11.5. The van der Waals surface area contributed by atoms with Crippen molar-refractivity contribution in [2.75, 3.05) is 18.6 Å². The molecule has 0 aliphatic rings. The first-order chi connectivity index (χ1) is 11.0. The van der Waals surface area contributed by atoms with Crippen LogP contribution in [-0.4, -0.2) is 29.3 Å². The molecule has 4 nitrogen and oxygen atoms in total. The van der Waals surface area contributed by atoms with E-state index in [9.17, 15) is 13.6 Å². The van der Waals surface area contributed by atoms with Gasteiger partial charge in [0.15, 0.2) is 0 Å². The fourth-order valence-corrected chi connectivity index (χ4v) is 2.35. The van der Waals surface area contributed by atoms with Crippen molar-refractivity contribution in [2.24, 2.45) is 0 Å². The number of aliphatic hydroxyl groups is 1. The van der Waals surface area contributed by atoms with Crippen molar-refractivity contribution < 1.29 is 18.7 Å². The molecule has 0 unspecified atom stereocenters. The van der Waals surface area contributed by atoms with Crippen LogP contribution in [-0.2, 0) is 0 Å². The van der Waals surface area contributed by atoms with E-state index >= 15 is 0 Å². The van der Waals surface area contributed by atoms with Gasteiger partial charge in [-0.2, -0.15) is 0 Å². The van der Waals surface area contributed by atoms with Crippen LogP contribution in [0, 0.1) is 5.82 Å². The highest BCUT2D eigenvalue weighted by Gasteiger charge is 2.17. The van der Waals surface area contributed by atoms with E-state index in [0.29, 0.717) is 5.69 Å². The van der Waals surface area contributed by atoms with Gasteiger partial charge >= 0.3 is 0 Å². The molecule has 1 amide bonds. The van der Waals surface area contributed by atoms with Gasteiger partial charge in [-0.3, -0.25) is 9.18 Å². The highest BCUT2D eigenvalue weighted by molar-refractivity contribution is 9.10. The van der Waals surface area contributed by atoms with Gasteiger partial charge in [0.25, 0.3) is 5.91 Å². The van der Waals surface area contributed by atoms with Crippen molar-refractivity contribution >= 4 is 27.5 Å². The number of halogens is 3. The van der Waals surface area contributed by atoms with Crippen LogP contribution in [0.25, 0.3) is 0 Å². The van der Waals surface area contributed by atoms with Crippen molar-refractivity contribution in [1.29, 1.82) is 0 Å². The van der Waals surface area contributed by atoms with Crippen LogP contribution in [0.15, 0.2) is 41.0 Å². The fraction of sp³-hybridized carbons (Fsp3) is 0.250. The van der Waals surface area contributed by atoms with Gasteiger partial charge in [-0.05, 0) is 58.2 Å². The quantitative estimate of drug-likeness (QED) is 0.798. The van der Waals surface area contributed by atoms with E-state index < -0.39 is 24.3 Å². The summed E-state index contributed by atoms with van der Waals surface area (Å²) in [5.74, 6) is -1.77. The maximum atomic E-state index is 13.9. The monoisotopic (exact) mass is 384 g/mol. The Morgan fingerprint density at radius 3 is 2.74 bits per heavy atom. The summed E-state index contributed by atoms with van der Waals surface area (Å²) in [6.07, 6.45) is 1.60. The number of amides is 1. The smallest absolute Gasteiger partial charge is 0.274 e. The van der Waals surface area contributed by atoms with Gasteiger partial charge in [0.1, 0.15) is 11.5 Å². The zero-order chi connectivity index (χ0) is 16.8. The third-order valence-corrected chi connectivity index (χ3v) is 3.79. The number of benzene rings is 1. The van der Waals surface area contributed by atoms with E-state index in [1.165, 1.54) is 24.4 Å². The molecule has 0 radical (unpaired) electrons. The topological polar surface area (TPSA) is 62.2 Å². The Kier molecular flexibility index (Phi) is 6.18. The van der Waals surface area contributed by atoms with Crippen molar-refractivity contribution in [2.45, 2.75) is 12.3 Å². The predicted molar refractivity (Wildman–Crippen MR) is 86.7 cm³/mol. The van der Waals surface area contributed by atoms with Crippen molar-refractivity contribution in [3.63, 3.8) is 0 Å². The highest BCUT2D eigenvalue weighted by atomic mass is 79.9. The lowest BCUT2D eigenvalue weighted by Crippen LogP contribution is -2.14. The van der Waals surface area contributed by atoms with Gasteiger partial charge in [0, 0.05) is 28.9 Å². The molecular weight excluding hydrogens is 370 g/mol. The number of nitrogens with zero attached hydrogens (tertiary/aromatic N) is 1. The molecule has 2 N–H and O–H groups in total. The Labute approximate surface area is 140 Å². The molecular formula is C16H15BrF2N2O2. The lowest BCUT2D eigenvalue weighted by molar-refractivity contribution is 0.102. The second-order valence-electron chi connectivity index (χ2n) is 4.92. The zero-order valence-corrected chi connectivity index (χ0v) is 13.7. The van der Waals surface area contributed by atoms with Crippen LogP contribution in [0.3, 0.4) is 0 Å². The molecule has 0 fully saturated rings. The van der Waals surface area contributed by atoms with E-state index in [-0.39, 0.29) is 24.3 Å². The van der Waals surface area contributed by atoms with Crippen LogP contribution >= 0.6 is 15.9 Å². The highest BCUT2D eigenvalue weighted by Crippen LogP contribution is 2.26. The van der Waals surface area contributed by atoms with Crippen LogP contribution < -0.4 is 5.32 Å². The number of pyridine rings is 1. The molecule has 1 atom stereocenters. The van der Waals surface area contributed by atoms with E-state index in [4.69, 9.17) is 5.11 Å². The molecule has 1 aromatic heterocycles. The minimum atomic E-state index is -0.789. The molecule has 23 heavy (non-hydrogen) atoms. The van der Waals surface area contributed by atoms with E-state index in [1.54, 1.807) is 12.1 Å².